The Kier molecular flexibility index (Phi) is 7.12. The van der Waals surface area contributed by atoms with Crippen molar-refractivity contribution in [3.63, 3.8) is 0 Å². The van der Waals surface area contributed by atoms with Crippen molar-refractivity contribution < 1.29 is 19.5 Å². The number of aliphatic carboxylic acids is 1. The average Bonchev–Trinajstić information content (AvgIpc) is 2.84. The molecule has 0 atom stereocenters. The zero-order chi connectivity index (χ0) is 22.2. The predicted molar refractivity (Wildman–Crippen MR) is 124 cm³/mol. The second-order valence-corrected chi connectivity index (χ2v) is 7.64. The third-order valence-corrected chi connectivity index (χ3v) is 5.44. The summed E-state index contributed by atoms with van der Waals surface area (Å²) in [6.45, 7) is 0.0982. The second kappa shape index (κ2) is 10.6. The van der Waals surface area contributed by atoms with Crippen molar-refractivity contribution in [2.24, 2.45) is 5.16 Å². The molecule has 0 radical (unpaired) electrons. The highest BCUT2D eigenvalue weighted by atomic mass is 16.6. The number of hydrogen-bond donors (Lipinski definition) is 1. The Balaban J connectivity index is 1.45. The van der Waals surface area contributed by atoms with Crippen molar-refractivity contribution in [2.45, 2.75) is 32.1 Å². The van der Waals surface area contributed by atoms with Crippen LogP contribution in [0, 0.1) is 0 Å². The van der Waals surface area contributed by atoms with E-state index in [0.717, 1.165) is 53.7 Å². The van der Waals surface area contributed by atoms with Crippen LogP contribution in [0.25, 0.3) is 5.57 Å². The highest BCUT2D eigenvalue weighted by Crippen LogP contribution is 2.34. The van der Waals surface area contributed by atoms with Crippen LogP contribution in [-0.2, 0) is 16.1 Å². The fourth-order valence-electron chi connectivity index (χ4n) is 3.97. The highest BCUT2D eigenvalue weighted by molar-refractivity contribution is 6.14. The van der Waals surface area contributed by atoms with E-state index in [4.69, 9.17) is 14.7 Å². The molecule has 2 aromatic rings. The van der Waals surface area contributed by atoms with Gasteiger partial charge in [0.25, 0.3) is 0 Å². The van der Waals surface area contributed by atoms with Gasteiger partial charge in [0.2, 0.25) is 0 Å². The maximum absolute atomic E-state index is 10.9. The smallest absolute Gasteiger partial charge is 0.341 e. The van der Waals surface area contributed by atoms with Gasteiger partial charge in [0.05, 0.1) is 0 Å². The number of rotatable bonds is 9. The lowest BCUT2D eigenvalue weighted by molar-refractivity contribution is -0.139. The van der Waals surface area contributed by atoms with Crippen molar-refractivity contribution in [1.29, 1.82) is 0 Å². The zero-order valence-corrected chi connectivity index (χ0v) is 17.9. The van der Waals surface area contributed by atoms with Gasteiger partial charge in [-0.25, -0.2) is 4.79 Å². The standard InChI is InChI=1S/C26H26N2O4/c29-25(30)18-31-24-13-5-11-22-19(9-4-12-23(22)24)14-16-32-28-26(20-7-2-1-3-8-20)21-10-6-15-27-17-21/h2,5-11,13,15,17H,1,3-4,12,14,16,18H2,(H,29,30)/b28-26+. The minimum Gasteiger partial charge on any atom is -0.482 e. The molecule has 1 N–H and O–H groups in total. The summed E-state index contributed by atoms with van der Waals surface area (Å²) in [7, 11) is 0. The minimum absolute atomic E-state index is 0.339. The summed E-state index contributed by atoms with van der Waals surface area (Å²) in [5.74, 6) is -0.336. The van der Waals surface area contributed by atoms with Crippen LogP contribution < -0.4 is 4.74 Å². The molecule has 0 amide bonds. The molecule has 2 aliphatic rings. The van der Waals surface area contributed by atoms with Crippen LogP contribution in [0.2, 0.25) is 0 Å². The van der Waals surface area contributed by atoms with Crippen molar-refractivity contribution in [2.75, 3.05) is 13.2 Å². The Morgan fingerprint density at radius 2 is 2.06 bits per heavy atom. The normalized spacial score (nSPS) is 15.4. The molecule has 0 fully saturated rings. The summed E-state index contributed by atoms with van der Waals surface area (Å²) in [6, 6.07) is 9.66. The summed E-state index contributed by atoms with van der Waals surface area (Å²) >= 11 is 0. The van der Waals surface area contributed by atoms with E-state index in [1.54, 1.807) is 12.4 Å². The highest BCUT2D eigenvalue weighted by Gasteiger charge is 2.17. The van der Waals surface area contributed by atoms with Crippen LogP contribution in [0.5, 0.6) is 5.75 Å². The monoisotopic (exact) mass is 430 g/mol. The maximum Gasteiger partial charge on any atom is 0.341 e. The SMILES string of the molecule is O=C(O)COc1cccc2c1CCC=C2CCO/N=C(\C1=CCCC=C1)c1cccnc1. The molecule has 6 heteroatoms. The quantitative estimate of drug-likeness (QED) is 0.345. The zero-order valence-electron chi connectivity index (χ0n) is 17.9. The molecule has 164 valence electrons. The molecule has 0 aliphatic heterocycles. The van der Waals surface area contributed by atoms with Gasteiger partial charge >= 0.3 is 5.97 Å². The third-order valence-electron chi connectivity index (χ3n) is 5.44. The number of allylic oxidation sites excluding steroid dienone is 5. The first-order valence-electron chi connectivity index (χ1n) is 10.9. The molecule has 0 bridgehead atoms. The molecule has 6 nitrogen and oxygen atoms in total. The van der Waals surface area contributed by atoms with Crippen LogP contribution in [0.4, 0.5) is 0 Å². The van der Waals surface area contributed by atoms with E-state index in [-0.39, 0.29) is 6.61 Å². The minimum atomic E-state index is -0.979. The van der Waals surface area contributed by atoms with Crippen molar-refractivity contribution >= 4 is 17.3 Å². The third kappa shape index (κ3) is 5.32. The number of hydrogen-bond acceptors (Lipinski definition) is 5. The van der Waals surface area contributed by atoms with Gasteiger partial charge < -0.3 is 14.7 Å². The number of carbonyl (C=O) groups is 1. The Bertz CT molecular complexity index is 1080. The summed E-state index contributed by atoms with van der Waals surface area (Å²) in [6.07, 6.45) is 16.6. The number of aromatic nitrogens is 1. The van der Waals surface area contributed by atoms with Gasteiger partial charge in [-0.2, -0.15) is 0 Å². The van der Waals surface area contributed by atoms with E-state index in [1.165, 1.54) is 5.57 Å². The van der Waals surface area contributed by atoms with Gasteiger partial charge in [-0.15, -0.1) is 0 Å². The van der Waals surface area contributed by atoms with Crippen molar-refractivity contribution in [3.8, 4) is 5.75 Å². The van der Waals surface area contributed by atoms with Gasteiger partial charge in [-0.1, -0.05) is 41.6 Å². The molecule has 2 aliphatic carbocycles. The van der Waals surface area contributed by atoms with E-state index < -0.39 is 5.97 Å². The lowest BCUT2D eigenvalue weighted by Crippen LogP contribution is -2.12. The number of fused-ring (bicyclic) bond motifs is 1. The van der Waals surface area contributed by atoms with Crippen LogP contribution in [0.3, 0.4) is 0 Å². The summed E-state index contributed by atoms with van der Waals surface area (Å²) in [5, 5.41) is 13.4. The lowest BCUT2D eigenvalue weighted by Gasteiger charge is -2.20. The van der Waals surface area contributed by atoms with Gasteiger partial charge in [0.1, 0.15) is 18.1 Å². The number of pyridine rings is 1. The van der Waals surface area contributed by atoms with Crippen LogP contribution in [0.1, 0.15) is 42.4 Å². The molecular weight excluding hydrogens is 404 g/mol. The lowest BCUT2D eigenvalue weighted by atomic mass is 9.89. The van der Waals surface area contributed by atoms with Crippen LogP contribution in [-0.4, -0.2) is 35.0 Å². The fraction of sp³-hybridized carbons (Fsp3) is 0.269. The summed E-state index contributed by atoms with van der Waals surface area (Å²) in [5.41, 5.74) is 6.08. The molecule has 0 saturated heterocycles. The number of oxime groups is 1. The van der Waals surface area contributed by atoms with Crippen molar-refractivity contribution in [3.05, 3.63) is 89.3 Å². The van der Waals surface area contributed by atoms with E-state index in [1.807, 2.05) is 24.3 Å². The Hall–Kier alpha value is -3.67. The Morgan fingerprint density at radius 3 is 2.84 bits per heavy atom. The Morgan fingerprint density at radius 1 is 1.12 bits per heavy atom. The number of carboxylic acid groups (broad SMARTS) is 1. The van der Waals surface area contributed by atoms with Crippen molar-refractivity contribution in [1.82, 2.24) is 4.98 Å². The van der Waals surface area contributed by atoms with Crippen LogP contribution >= 0.6 is 0 Å². The Labute approximate surface area is 187 Å². The molecule has 1 aromatic heterocycles. The molecule has 1 heterocycles. The molecule has 1 aromatic carbocycles. The fourth-order valence-corrected chi connectivity index (χ4v) is 3.97. The van der Waals surface area contributed by atoms with Gasteiger partial charge in [0, 0.05) is 29.9 Å². The first kappa shape index (κ1) is 21.6. The van der Waals surface area contributed by atoms with E-state index >= 15 is 0 Å². The average molecular weight is 431 g/mol. The molecular formula is C26H26N2O4. The van der Waals surface area contributed by atoms with Gasteiger partial charge in [-0.3, -0.25) is 4.98 Å². The maximum atomic E-state index is 10.9. The first-order chi connectivity index (χ1) is 15.7. The number of benzene rings is 1. The summed E-state index contributed by atoms with van der Waals surface area (Å²) in [4.78, 5) is 20.9. The number of carboxylic acids is 1. The van der Waals surface area contributed by atoms with E-state index in [9.17, 15) is 4.79 Å². The van der Waals surface area contributed by atoms with E-state index in [2.05, 4.69) is 40.5 Å². The van der Waals surface area contributed by atoms with Gasteiger partial charge in [-0.05, 0) is 60.6 Å². The van der Waals surface area contributed by atoms with Gasteiger partial charge in [0.15, 0.2) is 6.61 Å². The molecule has 0 saturated carbocycles. The topological polar surface area (TPSA) is 81.0 Å². The number of ether oxygens (including phenoxy) is 1. The number of nitrogens with zero attached hydrogens (tertiary/aromatic N) is 2. The molecule has 0 spiro atoms. The second-order valence-electron chi connectivity index (χ2n) is 7.64. The molecule has 4 rings (SSSR count). The van der Waals surface area contributed by atoms with Crippen LogP contribution in [0.15, 0.2) is 77.8 Å². The molecule has 32 heavy (non-hydrogen) atoms. The molecule has 0 unspecified atom stereocenters. The largest absolute Gasteiger partial charge is 0.482 e. The van der Waals surface area contributed by atoms with E-state index in [0.29, 0.717) is 18.8 Å². The first-order valence-corrected chi connectivity index (χ1v) is 10.9. The predicted octanol–water partition coefficient (Wildman–Crippen LogP) is 4.96. The summed E-state index contributed by atoms with van der Waals surface area (Å²) < 4.78 is 5.49.